The fourth-order valence-corrected chi connectivity index (χ4v) is 7.11. The first kappa shape index (κ1) is 34.9. The molecule has 1 atom stereocenters. The molecule has 1 aliphatic heterocycles. The first-order valence-electron chi connectivity index (χ1n) is 15.4. The van der Waals surface area contributed by atoms with Gasteiger partial charge in [-0.05, 0) is 105 Å². The van der Waals surface area contributed by atoms with E-state index in [1.807, 2.05) is 57.2 Å². The summed E-state index contributed by atoms with van der Waals surface area (Å²) in [6.07, 6.45) is 1.64. The lowest BCUT2D eigenvalue weighted by Gasteiger charge is -2.26. The number of rotatable bonds is 12. The zero-order valence-corrected chi connectivity index (χ0v) is 30.1. The molecular weight excluding hydrogens is 747 g/mol. The fraction of sp³-hybridized carbons (Fsp3) is 0.278. The Morgan fingerprint density at radius 2 is 1.77 bits per heavy atom. The van der Waals surface area contributed by atoms with Crippen LogP contribution in [0.2, 0.25) is 0 Å². The highest BCUT2D eigenvalue weighted by molar-refractivity contribution is 14.1. The normalized spacial score (nSPS) is 14.4. The van der Waals surface area contributed by atoms with Crippen molar-refractivity contribution in [1.82, 2.24) is 4.57 Å². The molecule has 48 heavy (non-hydrogen) atoms. The number of aromatic carboxylic acids is 1. The topological polar surface area (TPSA) is 126 Å². The number of hydrogen-bond acceptors (Lipinski definition) is 9. The summed E-state index contributed by atoms with van der Waals surface area (Å²) < 4.78 is 26.4. The van der Waals surface area contributed by atoms with Crippen LogP contribution in [-0.2, 0) is 16.1 Å². The molecule has 0 bridgehead atoms. The Hall–Kier alpha value is -4.43. The van der Waals surface area contributed by atoms with Gasteiger partial charge in [0.25, 0.3) is 5.56 Å². The molecule has 5 rings (SSSR count). The Morgan fingerprint density at radius 1 is 1.04 bits per heavy atom. The highest BCUT2D eigenvalue weighted by Gasteiger charge is 2.35. The van der Waals surface area contributed by atoms with Crippen molar-refractivity contribution in [3.8, 4) is 17.2 Å². The Bertz CT molecular complexity index is 2060. The van der Waals surface area contributed by atoms with Crippen molar-refractivity contribution in [3.05, 3.63) is 117 Å². The van der Waals surface area contributed by atoms with Gasteiger partial charge in [-0.3, -0.25) is 9.36 Å². The summed E-state index contributed by atoms with van der Waals surface area (Å²) in [6.45, 7) is 9.96. The average Bonchev–Trinajstić information content (AvgIpc) is 3.34. The summed E-state index contributed by atoms with van der Waals surface area (Å²) in [5.41, 5.74) is 2.81. The van der Waals surface area contributed by atoms with Crippen LogP contribution < -0.4 is 29.1 Å². The summed E-state index contributed by atoms with van der Waals surface area (Å²) in [6, 6.07) is 16.8. The average molecular weight is 783 g/mol. The van der Waals surface area contributed by atoms with E-state index in [-0.39, 0.29) is 36.0 Å². The number of benzene rings is 3. The summed E-state index contributed by atoms with van der Waals surface area (Å²) in [4.78, 5) is 43.9. The maximum absolute atomic E-state index is 14.2. The maximum atomic E-state index is 14.2. The third kappa shape index (κ3) is 7.49. The second kappa shape index (κ2) is 15.2. The van der Waals surface area contributed by atoms with Crippen molar-refractivity contribution in [2.24, 2.45) is 4.99 Å². The van der Waals surface area contributed by atoms with Crippen molar-refractivity contribution < 1.29 is 33.6 Å². The summed E-state index contributed by atoms with van der Waals surface area (Å²) >= 11 is 3.40. The maximum Gasteiger partial charge on any atom is 0.338 e. The van der Waals surface area contributed by atoms with Crippen LogP contribution in [0.3, 0.4) is 0 Å². The SMILES string of the molecule is CCOC(=O)C1=C(C)N=c2s/c(=C/c3cc(I)c(OCc4ccc(C(=O)O)cc4)c(OCC)c3)c(=O)n2[C@@H]1c1ccccc1OC(C)C. The molecule has 0 spiro atoms. The van der Waals surface area contributed by atoms with Gasteiger partial charge in [0.05, 0.1) is 44.3 Å². The Labute approximate surface area is 295 Å². The van der Waals surface area contributed by atoms with Gasteiger partial charge in [0, 0.05) is 5.56 Å². The molecule has 0 saturated heterocycles. The smallest absolute Gasteiger partial charge is 0.338 e. The minimum absolute atomic E-state index is 0.135. The number of thiazole rings is 1. The number of carboxylic acids is 1. The van der Waals surface area contributed by atoms with Crippen LogP contribution in [0.5, 0.6) is 17.2 Å². The minimum Gasteiger partial charge on any atom is -0.491 e. The first-order valence-corrected chi connectivity index (χ1v) is 17.3. The number of carboxylic acid groups (broad SMARTS) is 1. The van der Waals surface area contributed by atoms with Crippen LogP contribution in [0.1, 0.15) is 67.7 Å². The minimum atomic E-state index is -0.992. The van der Waals surface area contributed by atoms with E-state index in [9.17, 15) is 19.5 Å². The lowest BCUT2D eigenvalue weighted by molar-refractivity contribution is -0.139. The van der Waals surface area contributed by atoms with Gasteiger partial charge in [0.1, 0.15) is 18.4 Å². The number of allylic oxidation sites excluding steroid dienone is 1. The van der Waals surface area contributed by atoms with Crippen LogP contribution in [0.25, 0.3) is 6.08 Å². The molecule has 1 aromatic heterocycles. The lowest BCUT2D eigenvalue weighted by atomic mass is 9.95. The standard InChI is InChI=1S/C36H35IN2O8S/c1-6-44-28-17-23(16-26(37)32(28)46-19-22-12-14-24(15-13-22)34(41)42)18-29-33(40)39-31(25-10-8-9-11-27(25)47-20(3)4)30(35(43)45-7-2)21(5)38-36(39)48-29/h8-18,20,31H,6-7,19H2,1-5H3,(H,41,42)/b29-18+/t31-/m1/s1. The molecule has 10 nitrogen and oxygen atoms in total. The monoisotopic (exact) mass is 782 g/mol. The van der Waals surface area contributed by atoms with Crippen molar-refractivity contribution in [3.63, 3.8) is 0 Å². The summed E-state index contributed by atoms with van der Waals surface area (Å²) in [7, 11) is 0. The van der Waals surface area contributed by atoms with E-state index < -0.39 is 18.0 Å². The predicted molar refractivity (Wildman–Crippen MR) is 191 cm³/mol. The molecule has 0 radical (unpaired) electrons. The van der Waals surface area contributed by atoms with Gasteiger partial charge in [-0.15, -0.1) is 0 Å². The number of hydrogen-bond donors (Lipinski definition) is 1. The van der Waals surface area contributed by atoms with E-state index in [0.717, 1.165) is 9.13 Å². The molecular formula is C36H35IN2O8S. The second-order valence-corrected chi connectivity index (χ2v) is 13.2. The van der Waals surface area contributed by atoms with E-state index in [1.54, 1.807) is 36.6 Å². The molecule has 1 aliphatic rings. The van der Waals surface area contributed by atoms with Gasteiger partial charge in [-0.25, -0.2) is 14.6 Å². The number of halogens is 1. The highest BCUT2D eigenvalue weighted by Crippen LogP contribution is 2.37. The zero-order chi connectivity index (χ0) is 34.5. The summed E-state index contributed by atoms with van der Waals surface area (Å²) in [5, 5.41) is 9.18. The van der Waals surface area contributed by atoms with Crippen LogP contribution in [0, 0.1) is 3.57 Å². The predicted octanol–water partition coefficient (Wildman–Crippen LogP) is 5.87. The van der Waals surface area contributed by atoms with Gasteiger partial charge in [0.15, 0.2) is 16.3 Å². The van der Waals surface area contributed by atoms with Crippen LogP contribution >= 0.6 is 33.9 Å². The Kier molecular flexibility index (Phi) is 11.0. The first-order chi connectivity index (χ1) is 23.0. The fourth-order valence-electron chi connectivity index (χ4n) is 5.28. The number of carbonyl (C=O) groups is 2. The van der Waals surface area contributed by atoms with Crippen molar-refractivity contribution in [2.75, 3.05) is 13.2 Å². The van der Waals surface area contributed by atoms with Gasteiger partial charge < -0.3 is 24.1 Å². The molecule has 0 fully saturated rings. The number of ether oxygens (including phenoxy) is 4. The molecule has 12 heteroatoms. The Balaban J connectivity index is 1.58. The molecule has 0 aliphatic carbocycles. The molecule has 0 unspecified atom stereocenters. The van der Waals surface area contributed by atoms with E-state index in [0.29, 0.717) is 50.0 Å². The number of fused-ring (bicyclic) bond motifs is 1. The van der Waals surface area contributed by atoms with Crippen LogP contribution in [-0.4, -0.2) is 40.9 Å². The highest BCUT2D eigenvalue weighted by atomic mass is 127. The number of para-hydroxylation sites is 1. The van der Waals surface area contributed by atoms with Crippen LogP contribution in [0.15, 0.2) is 81.7 Å². The quantitative estimate of drug-likeness (QED) is 0.140. The molecule has 2 heterocycles. The third-order valence-electron chi connectivity index (χ3n) is 7.31. The molecule has 0 amide bonds. The van der Waals surface area contributed by atoms with Gasteiger partial charge in [-0.1, -0.05) is 41.7 Å². The molecule has 0 saturated carbocycles. The van der Waals surface area contributed by atoms with Crippen molar-refractivity contribution in [1.29, 1.82) is 0 Å². The summed E-state index contributed by atoms with van der Waals surface area (Å²) in [5.74, 6) is 0.0711. The van der Waals surface area contributed by atoms with E-state index >= 15 is 0 Å². The number of esters is 1. The van der Waals surface area contributed by atoms with Gasteiger partial charge in [-0.2, -0.15) is 0 Å². The molecule has 4 aromatic rings. The lowest BCUT2D eigenvalue weighted by Crippen LogP contribution is -2.40. The van der Waals surface area contributed by atoms with E-state index in [4.69, 9.17) is 18.9 Å². The van der Waals surface area contributed by atoms with Gasteiger partial charge in [0.2, 0.25) is 0 Å². The van der Waals surface area contributed by atoms with Crippen molar-refractivity contribution >= 4 is 51.9 Å². The third-order valence-corrected chi connectivity index (χ3v) is 9.09. The molecule has 1 N–H and O–H groups in total. The van der Waals surface area contributed by atoms with Gasteiger partial charge >= 0.3 is 11.9 Å². The second-order valence-electron chi connectivity index (χ2n) is 11.1. The van der Waals surface area contributed by atoms with E-state index in [2.05, 4.69) is 27.6 Å². The Morgan fingerprint density at radius 3 is 2.44 bits per heavy atom. The largest absolute Gasteiger partial charge is 0.491 e. The van der Waals surface area contributed by atoms with Crippen molar-refractivity contribution in [2.45, 2.75) is 53.4 Å². The molecule has 250 valence electrons. The number of carbonyl (C=O) groups excluding carboxylic acids is 1. The van der Waals surface area contributed by atoms with E-state index in [1.165, 1.54) is 23.5 Å². The van der Waals surface area contributed by atoms with Crippen LogP contribution in [0.4, 0.5) is 0 Å². The zero-order valence-electron chi connectivity index (χ0n) is 27.1. The molecule has 3 aromatic carbocycles. The number of nitrogens with zero attached hydrogens (tertiary/aromatic N) is 2. The number of aromatic nitrogens is 1.